The van der Waals surface area contributed by atoms with Crippen LogP contribution in [0.1, 0.15) is 46.6 Å². The highest BCUT2D eigenvalue weighted by Crippen LogP contribution is 2.33. The van der Waals surface area contributed by atoms with E-state index in [1.165, 1.54) is 16.7 Å². The average molecular weight is 653 g/mol. The Hall–Kier alpha value is -5.47. The van der Waals surface area contributed by atoms with Crippen molar-refractivity contribution in [1.82, 2.24) is 9.13 Å². The van der Waals surface area contributed by atoms with Crippen LogP contribution >= 0.6 is 11.3 Å². The number of carbonyl (C=O) groups is 1. The summed E-state index contributed by atoms with van der Waals surface area (Å²) < 4.78 is 9.86. The van der Waals surface area contributed by atoms with Gasteiger partial charge in [-0.15, -0.1) is 0 Å². The molecule has 0 saturated heterocycles. The summed E-state index contributed by atoms with van der Waals surface area (Å²) in [5.41, 5.74) is 8.53. The second-order valence-electron chi connectivity index (χ2n) is 12.3. The van der Waals surface area contributed by atoms with E-state index in [1.807, 2.05) is 75.4 Å². The lowest BCUT2D eigenvalue weighted by atomic mass is 9.95. The van der Waals surface area contributed by atoms with E-state index in [0.29, 0.717) is 26.4 Å². The van der Waals surface area contributed by atoms with Crippen molar-refractivity contribution in [2.45, 2.75) is 40.7 Å². The number of benzene rings is 4. The van der Waals surface area contributed by atoms with Gasteiger partial charge in [0.15, 0.2) is 4.80 Å². The van der Waals surface area contributed by atoms with Gasteiger partial charge >= 0.3 is 0 Å². The average Bonchev–Trinajstić information content (AvgIpc) is 3.54. The van der Waals surface area contributed by atoms with Crippen LogP contribution in [0.5, 0.6) is 5.75 Å². The predicted molar refractivity (Wildman–Crippen MR) is 194 cm³/mol. The van der Waals surface area contributed by atoms with Crippen molar-refractivity contribution < 1.29 is 9.53 Å². The predicted octanol–water partition coefficient (Wildman–Crippen LogP) is 7.06. The number of fused-ring (bicyclic) bond motifs is 2. The van der Waals surface area contributed by atoms with Crippen molar-refractivity contribution in [3.8, 4) is 11.4 Å². The molecule has 0 unspecified atom stereocenters. The number of thiazole rings is 1. The van der Waals surface area contributed by atoms with Gasteiger partial charge in [-0.3, -0.25) is 14.2 Å². The maximum absolute atomic E-state index is 14.4. The third-order valence-electron chi connectivity index (χ3n) is 9.09. The first kappa shape index (κ1) is 31.1. The van der Waals surface area contributed by atoms with E-state index in [9.17, 15) is 9.59 Å². The molecule has 1 aliphatic heterocycles. The first-order valence-electron chi connectivity index (χ1n) is 15.9. The molecular formula is C40H36N4O3S. The van der Waals surface area contributed by atoms with Gasteiger partial charge in [-0.25, -0.2) is 4.99 Å². The zero-order valence-electron chi connectivity index (χ0n) is 27.8. The largest absolute Gasteiger partial charge is 0.497 e. The number of amides is 1. The molecule has 1 N–H and O–H groups in total. The highest BCUT2D eigenvalue weighted by Gasteiger charge is 2.33. The van der Waals surface area contributed by atoms with Crippen LogP contribution in [0.2, 0.25) is 0 Å². The molecule has 48 heavy (non-hydrogen) atoms. The Kier molecular flexibility index (Phi) is 7.97. The molecule has 0 fully saturated rings. The third-order valence-corrected chi connectivity index (χ3v) is 10.1. The quantitative estimate of drug-likeness (QED) is 0.209. The van der Waals surface area contributed by atoms with E-state index in [2.05, 4.69) is 66.2 Å². The number of aryl methyl sites for hydroxylation is 3. The number of allylic oxidation sites excluding steroid dienone is 1. The Balaban J connectivity index is 1.36. The van der Waals surface area contributed by atoms with Crippen molar-refractivity contribution in [2.75, 3.05) is 12.4 Å². The molecule has 240 valence electrons. The van der Waals surface area contributed by atoms with Gasteiger partial charge in [0.1, 0.15) is 5.75 Å². The van der Waals surface area contributed by atoms with Crippen LogP contribution in [0.25, 0.3) is 22.5 Å². The zero-order valence-corrected chi connectivity index (χ0v) is 28.6. The molecule has 0 spiro atoms. The molecule has 0 radical (unpaired) electrons. The standard InChI is InChI=1S/C40H36N4O3S/c1-23-14-19-33(24(2)20-23)42-38(45)36-26(4)41-40-44(37(36)29-15-17-31(47-6)18-16-29)39(46)35(48-40)22-30-21-25(3)43(27(30)5)34-13-9-11-28-10-7-8-12-32(28)34/h7-22,37H,1-6H3,(H,42,45)/b35-22+/t37-/m1/s1. The van der Waals surface area contributed by atoms with Crippen LogP contribution in [-0.4, -0.2) is 22.2 Å². The smallest absolute Gasteiger partial charge is 0.271 e. The van der Waals surface area contributed by atoms with Crippen LogP contribution in [0.3, 0.4) is 0 Å². The molecule has 1 atom stereocenters. The number of rotatable bonds is 6. The monoisotopic (exact) mass is 652 g/mol. The van der Waals surface area contributed by atoms with Gasteiger partial charge in [0.2, 0.25) is 0 Å². The van der Waals surface area contributed by atoms with Gasteiger partial charge in [0, 0.05) is 22.5 Å². The molecule has 0 bridgehead atoms. The topological polar surface area (TPSA) is 77.6 Å². The SMILES string of the molecule is COc1ccc([C@@H]2C(C(=O)Nc3ccc(C)cc3C)=C(C)N=c3s/c(=C/c4cc(C)n(-c5cccc6ccccc56)c4C)c(=O)n32)cc1. The van der Waals surface area contributed by atoms with Gasteiger partial charge in [-0.2, -0.15) is 0 Å². The fourth-order valence-corrected chi connectivity index (χ4v) is 7.74. The molecule has 1 amide bonds. The molecule has 3 heterocycles. The van der Waals surface area contributed by atoms with Crippen LogP contribution in [0.15, 0.2) is 112 Å². The maximum atomic E-state index is 14.4. The number of hydrogen-bond donors (Lipinski definition) is 1. The van der Waals surface area contributed by atoms with Gasteiger partial charge in [-0.05, 0) is 93.1 Å². The molecule has 2 aromatic heterocycles. The van der Waals surface area contributed by atoms with Crippen LogP contribution in [0, 0.1) is 27.7 Å². The van der Waals surface area contributed by atoms with Crippen molar-refractivity contribution in [3.05, 3.63) is 156 Å². The molecule has 7 rings (SSSR count). The highest BCUT2D eigenvalue weighted by atomic mass is 32.1. The van der Waals surface area contributed by atoms with E-state index in [0.717, 1.165) is 50.4 Å². The Morgan fingerprint density at radius 2 is 1.67 bits per heavy atom. The first-order chi connectivity index (χ1) is 23.1. The molecule has 8 heteroatoms. The molecule has 7 nitrogen and oxygen atoms in total. The van der Waals surface area contributed by atoms with Crippen molar-refractivity contribution in [1.29, 1.82) is 0 Å². The summed E-state index contributed by atoms with van der Waals surface area (Å²) in [6, 6.07) is 29.5. The maximum Gasteiger partial charge on any atom is 0.271 e. The molecule has 0 aliphatic carbocycles. The number of hydrogen-bond acceptors (Lipinski definition) is 5. The van der Waals surface area contributed by atoms with Crippen molar-refractivity contribution in [3.63, 3.8) is 0 Å². The van der Waals surface area contributed by atoms with E-state index in [1.54, 1.807) is 11.7 Å². The van der Waals surface area contributed by atoms with Crippen molar-refractivity contribution >= 4 is 39.8 Å². The summed E-state index contributed by atoms with van der Waals surface area (Å²) in [6.45, 7) is 9.99. The summed E-state index contributed by atoms with van der Waals surface area (Å²) in [6.07, 6.45) is 1.95. The minimum Gasteiger partial charge on any atom is -0.497 e. The Labute approximate surface area is 282 Å². The number of aromatic nitrogens is 2. The number of anilines is 1. The van der Waals surface area contributed by atoms with Crippen molar-refractivity contribution in [2.24, 2.45) is 4.99 Å². The van der Waals surface area contributed by atoms with Gasteiger partial charge in [0.05, 0.1) is 34.6 Å². The minimum atomic E-state index is -0.678. The fraction of sp³-hybridized carbons (Fsp3) is 0.175. The number of ether oxygens (including phenoxy) is 1. The van der Waals surface area contributed by atoms with Gasteiger partial charge in [-0.1, -0.05) is 77.6 Å². The Morgan fingerprint density at radius 3 is 2.42 bits per heavy atom. The molecule has 6 aromatic rings. The van der Waals surface area contributed by atoms with Crippen LogP contribution in [-0.2, 0) is 4.79 Å². The number of nitrogens with zero attached hydrogens (tertiary/aromatic N) is 3. The molecule has 0 saturated carbocycles. The number of methoxy groups -OCH3 is 1. The van der Waals surface area contributed by atoms with Gasteiger partial charge < -0.3 is 14.6 Å². The third kappa shape index (κ3) is 5.38. The fourth-order valence-electron chi connectivity index (χ4n) is 6.71. The lowest BCUT2D eigenvalue weighted by Gasteiger charge is -2.25. The van der Waals surface area contributed by atoms with Crippen LogP contribution < -0.4 is 24.9 Å². The summed E-state index contributed by atoms with van der Waals surface area (Å²) >= 11 is 1.34. The minimum absolute atomic E-state index is 0.196. The first-order valence-corrected chi connectivity index (χ1v) is 16.7. The molecule has 1 aliphatic rings. The van der Waals surface area contributed by atoms with E-state index in [-0.39, 0.29) is 11.5 Å². The normalized spacial score (nSPS) is 14.6. The van der Waals surface area contributed by atoms with Crippen LogP contribution in [0.4, 0.5) is 5.69 Å². The number of nitrogens with one attached hydrogen (secondary N) is 1. The molecule has 4 aromatic carbocycles. The number of carbonyl (C=O) groups excluding carboxylic acids is 1. The summed E-state index contributed by atoms with van der Waals surface area (Å²) in [5, 5.41) is 5.43. The van der Waals surface area contributed by atoms with Gasteiger partial charge in [0.25, 0.3) is 11.5 Å². The summed E-state index contributed by atoms with van der Waals surface area (Å²) in [7, 11) is 1.61. The zero-order chi connectivity index (χ0) is 33.7. The van der Waals surface area contributed by atoms with E-state index < -0.39 is 6.04 Å². The van der Waals surface area contributed by atoms with E-state index in [4.69, 9.17) is 9.73 Å². The second-order valence-corrected chi connectivity index (χ2v) is 13.3. The van der Waals surface area contributed by atoms with E-state index >= 15 is 0 Å². The summed E-state index contributed by atoms with van der Waals surface area (Å²) in [4.78, 5) is 33.9. The summed E-state index contributed by atoms with van der Waals surface area (Å²) in [5.74, 6) is 0.395. The Morgan fingerprint density at radius 1 is 0.917 bits per heavy atom. The molecular weight excluding hydrogens is 617 g/mol. The second kappa shape index (κ2) is 12.3. The lowest BCUT2D eigenvalue weighted by molar-refractivity contribution is -0.113. The lowest BCUT2D eigenvalue weighted by Crippen LogP contribution is -2.40. The Bertz CT molecular complexity index is 2460. The highest BCUT2D eigenvalue weighted by molar-refractivity contribution is 7.07.